The second-order valence-electron chi connectivity index (χ2n) is 5.14. The van der Waals surface area contributed by atoms with Crippen LogP contribution in [0.25, 0.3) is 0 Å². The molecule has 0 unspecified atom stereocenters. The summed E-state index contributed by atoms with van der Waals surface area (Å²) in [5, 5.41) is 17.5. The predicted octanol–water partition coefficient (Wildman–Crippen LogP) is 1.12. The standard InChI is InChI=1S/C15H22N2O5/c1-16(7-6-14(18)19)9-11-4-5-12(13(8-11)22-3)17(2)10-15(20)21/h4-5,8H,6-7,9-10H2,1-3H3,(H,18,19)(H,20,21). The molecule has 0 aliphatic rings. The molecule has 0 fully saturated rings. The molecule has 0 spiro atoms. The van der Waals surface area contributed by atoms with Gasteiger partial charge in [0, 0.05) is 20.1 Å². The van der Waals surface area contributed by atoms with E-state index in [-0.39, 0.29) is 13.0 Å². The van der Waals surface area contributed by atoms with E-state index in [4.69, 9.17) is 14.9 Å². The Morgan fingerprint density at radius 2 is 1.86 bits per heavy atom. The molecule has 0 amide bonds. The summed E-state index contributed by atoms with van der Waals surface area (Å²) in [5.41, 5.74) is 1.67. The number of carbonyl (C=O) groups is 2. The Balaban J connectivity index is 2.79. The summed E-state index contributed by atoms with van der Waals surface area (Å²) in [6.45, 7) is 0.930. The van der Waals surface area contributed by atoms with Gasteiger partial charge in [-0.15, -0.1) is 0 Å². The number of aliphatic carboxylic acids is 2. The summed E-state index contributed by atoms with van der Waals surface area (Å²) in [7, 11) is 5.07. The Kier molecular flexibility index (Phi) is 6.65. The van der Waals surface area contributed by atoms with Crippen LogP contribution >= 0.6 is 0 Å². The monoisotopic (exact) mass is 310 g/mol. The molecular formula is C15H22N2O5. The fraction of sp³-hybridized carbons (Fsp3) is 0.467. The zero-order chi connectivity index (χ0) is 16.7. The lowest BCUT2D eigenvalue weighted by atomic mass is 10.1. The molecular weight excluding hydrogens is 288 g/mol. The maximum Gasteiger partial charge on any atom is 0.323 e. The number of methoxy groups -OCH3 is 1. The Morgan fingerprint density at radius 1 is 1.18 bits per heavy atom. The van der Waals surface area contributed by atoms with E-state index in [1.807, 2.05) is 30.1 Å². The first-order chi connectivity index (χ1) is 10.3. The summed E-state index contributed by atoms with van der Waals surface area (Å²) < 4.78 is 5.32. The number of carboxylic acids is 2. The van der Waals surface area contributed by atoms with Gasteiger partial charge in [0.05, 0.1) is 19.2 Å². The molecule has 1 aromatic carbocycles. The SMILES string of the molecule is COc1cc(CN(C)CCC(=O)O)ccc1N(C)CC(=O)O. The van der Waals surface area contributed by atoms with Crippen LogP contribution in [0.1, 0.15) is 12.0 Å². The fourth-order valence-corrected chi connectivity index (χ4v) is 2.10. The third kappa shape index (κ3) is 5.61. The number of hydrogen-bond donors (Lipinski definition) is 2. The maximum absolute atomic E-state index is 10.8. The number of ether oxygens (including phenoxy) is 1. The highest BCUT2D eigenvalue weighted by Gasteiger charge is 2.12. The average Bonchev–Trinajstić information content (AvgIpc) is 2.44. The molecule has 0 saturated heterocycles. The number of anilines is 1. The summed E-state index contributed by atoms with van der Waals surface area (Å²) >= 11 is 0. The van der Waals surface area contributed by atoms with Crippen LogP contribution in [0.15, 0.2) is 18.2 Å². The van der Waals surface area contributed by atoms with Crippen LogP contribution in [0.3, 0.4) is 0 Å². The minimum atomic E-state index is -0.915. The van der Waals surface area contributed by atoms with E-state index in [1.165, 1.54) is 7.11 Å². The minimum absolute atomic E-state index is 0.0903. The van der Waals surface area contributed by atoms with Crippen molar-refractivity contribution in [3.8, 4) is 5.75 Å². The van der Waals surface area contributed by atoms with Crippen LogP contribution in [0.4, 0.5) is 5.69 Å². The van der Waals surface area contributed by atoms with Gasteiger partial charge in [-0.3, -0.25) is 9.59 Å². The molecule has 0 aromatic heterocycles. The van der Waals surface area contributed by atoms with Crippen molar-refractivity contribution in [1.82, 2.24) is 4.90 Å². The summed E-state index contributed by atoms with van der Waals surface area (Å²) in [6, 6.07) is 5.53. The van der Waals surface area contributed by atoms with Crippen molar-refractivity contribution in [3.05, 3.63) is 23.8 Å². The molecule has 0 radical (unpaired) electrons. The quantitative estimate of drug-likeness (QED) is 0.706. The van der Waals surface area contributed by atoms with E-state index in [9.17, 15) is 9.59 Å². The number of rotatable bonds is 9. The normalized spacial score (nSPS) is 10.5. The lowest BCUT2D eigenvalue weighted by molar-refractivity contribution is -0.137. The van der Waals surface area contributed by atoms with E-state index >= 15 is 0 Å². The molecule has 122 valence electrons. The zero-order valence-electron chi connectivity index (χ0n) is 13.1. The van der Waals surface area contributed by atoms with Crippen LogP contribution < -0.4 is 9.64 Å². The van der Waals surface area contributed by atoms with Crippen LogP contribution in [-0.4, -0.2) is 61.3 Å². The van der Waals surface area contributed by atoms with Gasteiger partial charge in [-0.25, -0.2) is 0 Å². The van der Waals surface area contributed by atoms with Crippen LogP contribution in [-0.2, 0) is 16.1 Å². The number of nitrogens with zero attached hydrogens (tertiary/aromatic N) is 2. The van der Waals surface area contributed by atoms with Crippen molar-refractivity contribution >= 4 is 17.6 Å². The first-order valence-corrected chi connectivity index (χ1v) is 6.83. The van der Waals surface area contributed by atoms with E-state index in [1.54, 1.807) is 11.9 Å². The third-order valence-electron chi connectivity index (χ3n) is 3.19. The Labute approximate surface area is 129 Å². The highest BCUT2D eigenvalue weighted by Crippen LogP contribution is 2.28. The fourth-order valence-electron chi connectivity index (χ4n) is 2.10. The molecule has 1 aromatic rings. The number of likely N-dealkylation sites (N-methyl/N-ethyl adjacent to an activating group) is 1. The molecule has 2 N–H and O–H groups in total. The molecule has 0 heterocycles. The molecule has 0 aliphatic carbocycles. The molecule has 0 saturated carbocycles. The van der Waals surface area contributed by atoms with Crippen molar-refractivity contribution in [3.63, 3.8) is 0 Å². The summed E-state index contributed by atoms with van der Waals surface area (Å²) in [6.07, 6.45) is 0.0903. The van der Waals surface area contributed by atoms with Gasteiger partial charge in [-0.2, -0.15) is 0 Å². The van der Waals surface area contributed by atoms with E-state index in [0.717, 1.165) is 5.56 Å². The molecule has 22 heavy (non-hydrogen) atoms. The van der Waals surface area contributed by atoms with Gasteiger partial charge in [0.25, 0.3) is 0 Å². The van der Waals surface area contributed by atoms with Crippen LogP contribution in [0.2, 0.25) is 0 Å². The second-order valence-corrected chi connectivity index (χ2v) is 5.14. The third-order valence-corrected chi connectivity index (χ3v) is 3.19. The molecule has 0 bridgehead atoms. The Bertz CT molecular complexity index is 533. The molecule has 0 atom stereocenters. The van der Waals surface area contributed by atoms with E-state index < -0.39 is 11.9 Å². The summed E-state index contributed by atoms with van der Waals surface area (Å²) in [5.74, 6) is -1.15. The second kappa shape index (κ2) is 8.23. The highest BCUT2D eigenvalue weighted by atomic mass is 16.5. The Morgan fingerprint density at radius 3 is 2.41 bits per heavy atom. The number of hydrogen-bond acceptors (Lipinski definition) is 5. The molecule has 1 rings (SSSR count). The first kappa shape index (κ1) is 17.8. The van der Waals surface area contributed by atoms with Gasteiger partial charge in [-0.05, 0) is 24.7 Å². The Hall–Kier alpha value is -2.28. The van der Waals surface area contributed by atoms with Crippen molar-refractivity contribution < 1.29 is 24.5 Å². The molecule has 0 aliphatic heterocycles. The van der Waals surface area contributed by atoms with Gasteiger partial charge < -0.3 is 24.7 Å². The smallest absolute Gasteiger partial charge is 0.323 e. The van der Waals surface area contributed by atoms with Crippen molar-refractivity contribution in [1.29, 1.82) is 0 Å². The average molecular weight is 310 g/mol. The van der Waals surface area contributed by atoms with Gasteiger partial charge in [0.15, 0.2) is 0 Å². The lowest BCUT2D eigenvalue weighted by Crippen LogP contribution is -2.25. The first-order valence-electron chi connectivity index (χ1n) is 6.83. The van der Waals surface area contributed by atoms with Crippen LogP contribution in [0.5, 0.6) is 5.75 Å². The van der Waals surface area contributed by atoms with Crippen molar-refractivity contribution in [2.24, 2.45) is 0 Å². The maximum atomic E-state index is 10.8. The minimum Gasteiger partial charge on any atom is -0.495 e. The number of benzene rings is 1. The van der Waals surface area contributed by atoms with E-state index in [0.29, 0.717) is 24.5 Å². The van der Waals surface area contributed by atoms with Crippen molar-refractivity contribution in [2.75, 3.05) is 39.2 Å². The zero-order valence-corrected chi connectivity index (χ0v) is 13.1. The number of carboxylic acid groups (broad SMARTS) is 2. The van der Waals surface area contributed by atoms with Crippen molar-refractivity contribution in [2.45, 2.75) is 13.0 Å². The lowest BCUT2D eigenvalue weighted by Gasteiger charge is -2.21. The highest BCUT2D eigenvalue weighted by molar-refractivity contribution is 5.75. The largest absolute Gasteiger partial charge is 0.495 e. The van der Waals surface area contributed by atoms with Gasteiger partial charge in [0.2, 0.25) is 0 Å². The van der Waals surface area contributed by atoms with Crippen LogP contribution in [0, 0.1) is 0 Å². The van der Waals surface area contributed by atoms with Gasteiger partial charge in [0.1, 0.15) is 12.3 Å². The van der Waals surface area contributed by atoms with Gasteiger partial charge in [-0.1, -0.05) is 6.07 Å². The summed E-state index contributed by atoms with van der Waals surface area (Å²) in [4.78, 5) is 24.9. The molecule has 7 nitrogen and oxygen atoms in total. The molecule has 7 heteroatoms. The van der Waals surface area contributed by atoms with E-state index in [2.05, 4.69) is 0 Å². The topological polar surface area (TPSA) is 90.3 Å². The van der Waals surface area contributed by atoms with Gasteiger partial charge >= 0.3 is 11.9 Å². The predicted molar refractivity (Wildman–Crippen MR) is 82.5 cm³/mol.